The number of halogens is 3. The third-order valence-electron chi connectivity index (χ3n) is 4.20. The van der Waals surface area contributed by atoms with Crippen LogP contribution in [0.2, 0.25) is 0 Å². The van der Waals surface area contributed by atoms with Crippen LogP contribution < -0.4 is 11.1 Å². The van der Waals surface area contributed by atoms with Crippen molar-refractivity contribution in [1.29, 1.82) is 0 Å². The van der Waals surface area contributed by atoms with Crippen LogP contribution in [0, 0.1) is 0 Å². The number of piperidine rings is 1. The van der Waals surface area contributed by atoms with Crippen molar-refractivity contribution in [3.8, 4) is 0 Å². The Morgan fingerprint density at radius 1 is 1.38 bits per heavy atom. The molecule has 0 unspecified atom stereocenters. The van der Waals surface area contributed by atoms with Gasteiger partial charge < -0.3 is 16.0 Å². The maximum atomic E-state index is 12.7. The van der Waals surface area contributed by atoms with E-state index in [4.69, 9.17) is 5.73 Å². The number of primary amides is 1. The molecule has 3 N–H and O–H groups in total. The Kier molecular flexibility index (Phi) is 5.36. The molecule has 2 rings (SSSR count). The van der Waals surface area contributed by atoms with Gasteiger partial charge in [0.25, 0.3) is 0 Å². The van der Waals surface area contributed by atoms with Crippen molar-refractivity contribution in [2.24, 2.45) is 5.73 Å². The summed E-state index contributed by atoms with van der Waals surface area (Å²) >= 11 is 0. The molecule has 1 heterocycles. The summed E-state index contributed by atoms with van der Waals surface area (Å²) in [4.78, 5) is 24.9. The summed E-state index contributed by atoms with van der Waals surface area (Å²) in [5.41, 5.74) is 4.87. The molecule has 1 aromatic carbocycles. The van der Waals surface area contributed by atoms with Gasteiger partial charge in [0.05, 0.1) is 5.56 Å². The van der Waals surface area contributed by atoms with Gasteiger partial charge in [-0.1, -0.05) is 18.2 Å². The van der Waals surface area contributed by atoms with E-state index in [9.17, 15) is 22.8 Å². The largest absolute Gasteiger partial charge is 0.416 e. The molecule has 0 aromatic heterocycles. The molecule has 24 heavy (non-hydrogen) atoms. The van der Waals surface area contributed by atoms with Gasteiger partial charge in [0.1, 0.15) is 6.04 Å². The van der Waals surface area contributed by atoms with Crippen molar-refractivity contribution >= 4 is 11.9 Å². The first kappa shape index (κ1) is 18.1. The number of nitrogens with two attached hydrogens (primary N) is 1. The first-order valence-electron chi connectivity index (χ1n) is 7.71. The van der Waals surface area contributed by atoms with Crippen LogP contribution in [0.4, 0.5) is 18.0 Å². The molecule has 2 atom stereocenters. The van der Waals surface area contributed by atoms with Crippen molar-refractivity contribution in [3.63, 3.8) is 0 Å². The minimum absolute atomic E-state index is 0.0331. The molecule has 0 spiro atoms. The summed E-state index contributed by atoms with van der Waals surface area (Å²) in [5.74, 6) is -0.250. The number of hydrogen-bond acceptors (Lipinski definition) is 2. The predicted molar refractivity (Wildman–Crippen MR) is 82.1 cm³/mol. The summed E-state index contributed by atoms with van der Waals surface area (Å²) in [6.45, 7) is 2.17. The lowest BCUT2D eigenvalue weighted by Crippen LogP contribution is -2.56. The number of hydrogen-bond donors (Lipinski definition) is 2. The molecule has 0 bridgehead atoms. The van der Waals surface area contributed by atoms with Gasteiger partial charge in [-0.3, -0.25) is 4.79 Å². The molecule has 132 valence electrons. The van der Waals surface area contributed by atoms with Crippen LogP contribution in [0.15, 0.2) is 24.3 Å². The molecule has 3 amide bonds. The lowest BCUT2D eigenvalue weighted by atomic mass is 9.97. The summed E-state index contributed by atoms with van der Waals surface area (Å²) in [6.07, 6.45) is -2.88. The topological polar surface area (TPSA) is 75.4 Å². The third-order valence-corrected chi connectivity index (χ3v) is 4.20. The first-order valence-corrected chi connectivity index (χ1v) is 7.71. The zero-order valence-corrected chi connectivity index (χ0v) is 13.3. The molecule has 1 saturated heterocycles. The monoisotopic (exact) mass is 343 g/mol. The van der Waals surface area contributed by atoms with Gasteiger partial charge >= 0.3 is 12.2 Å². The van der Waals surface area contributed by atoms with Gasteiger partial charge in [-0.2, -0.15) is 13.2 Å². The number of benzene rings is 1. The molecule has 5 nitrogen and oxygen atoms in total. The molecule has 0 radical (unpaired) electrons. The van der Waals surface area contributed by atoms with E-state index in [0.29, 0.717) is 24.8 Å². The smallest absolute Gasteiger partial charge is 0.352 e. The summed E-state index contributed by atoms with van der Waals surface area (Å²) in [6, 6.07) is 3.61. The Bertz CT molecular complexity index is 619. The summed E-state index contributed by atoms with van der Waals surface area (Å²) in [7, 11) is 0. The number of rotatable bonds is 4. The SMILES string of the molecule is C[C@H]1CC[C@@H](NC(N)=O)C(=O)N1CCc1cccc(C(F)(F)F)c1. The zero-order chi connectivity index (χ0) is 17.9. The minimum Gasteiger partial charge on any atom is -0.352 e. The number of urea groups is 1. The van der Waals surface area contributed by atoms with E-state index in [0.717, 1.165) is 12.1 Å². The molecule has 8 heteroatoms. The van der Waals surface area contributed by atoms with Crippen LogP contribution >= 0.6 is 0 Å². The maximum absolute atomic E-state index is 12.7. The van der Waals surface area contributed by atoms with Crippen LogP contribution in [0.25, 0.3) is 0 Å². The quantitative estimate of drug-likeness (QED) is 0.880. The average Bonchev–Trinajstić information content (AvgIpc) is 2.49. The molecular weight excluding hydrogens is 323 g/mol. The van der Waals surface area contributed by atoms with Gasteiger partial charge in [0, 0.05) is 12.6 Å². The average molecular weight is 343 g/mol. The van der Waals surface area contributed by atoms with Gasteiger partial charge in [-0.05, 0) is 37.8 Å². The lowest BCUT2D eigenvalue weighted by molar-refractivity contribution is -0.139. The van der Waals surface area contributed by atoms with Crippen molar-refractivity contribution in [3.05, 3.63) is 35.4 Å². The summed E-state index contributed by atoms with van der Waals surface area (Å²) in [5, 5.41) is 2.41. The van der Waals surface area contributed by atoms with Crippen LogP contribution in [0.1, 0.15) is 30.9 Å². The second-order valence-electron chi connectivity index (χ2n) is 5.97. The van der Waals surface area contributed by atoms with Crippen LogP contribution in [0.5, 0.6) is 0 Å². The minimum atomic E-state index is -4.39. The van der Waals surface area contributed by atoms with E-state index in [1.807, 2.05) is 6.92 Å². The van der Waals surface area contributed by atoms with Crippen molar-refractivity contribution in [1.82, 2.24) is 10.2 Å². The second kappa shape index (κ2) is 7.11. The van der Waals surface area contributed by atoms with Gasteiger partial charge in [-0.25, -0.2) is 4.79 Å². The summed E-state index contributed by atoms with van der Waals surface area (Å²) < 4.78 is 38.2. The van der Waals surface area contributed by atoms with E-state index in [2.05, 4.69) is 5.32 Å². The molecule has 0 saturated carbocycles. The van der Waals surface area contributed by atoms with E-state index in [-0.39, 0.29) is 18.5 Å². The fraction of sp³-hybridized carbons (Fsp3) is 0.500. The van der Waals surface area contributed by atoms with Crippen LogP contribution in [-0.2, 0) is 17.4 Å². The highest BCUT2D eigenvalue weighted by molar-refractivity contribution is 5.87. The van der Waals surface area contributed by atoms with E-state index >= 15 is 0 Å². The number of carbonyl (C=O) groups is 2. The van der Waals surface area contributed by atoms with E-state index < -0.39 is 23.8 Å². The number of nitrogens with zero attached hydrogens (tertiary/aromatic N) is 1. The van der Waals surface area contributed by atoms with E-state index in [1.54, 1.807) is 11.0 Å². The number of nitrogens with one attached hydrogen (secondary N) is 1. The fourth-order valence-corrected chi connectivity index (χ4v) is 2.89. The number of likely N-dealkylation sites (tertiary alicyclic amines) is 1. The number of amides is 3. The number of alkyl halides is 3. The zero-order valence-electron chi connectivity index (χ0n) is 13.3. The predicted octanol–water partition coefficient (Wildman–Crippen LogP) is 2.30. The third kappa shape index (κ3) is 4.39. The van der Waals surface area contributed by atoms with Crippen molar-refractivity contribution < 1.29 is 22.8 Å². The van der Waals surface area contributed by atoms with Crippen LogP contribution in [0.3, 0.4) is 0 Å². The Balaban J connectivity index is 2.04. The second-order valence-corrected chi connectivity index (χ2v) is 5.97. The molecule has 1 aromatic rings. The Morgan fingerprint density at radius 2 is 2.08 bits per heavy atom. The van der Waals surface area contributed by atoms with Gasteiger partial charge in [0.2, 0.25) is 5.91 Å². The highest BCUT2D eigenvalue weighted by atomic mass is 19.4. The lowest BCUT2D eigenvalue weighted by Gasteiger charge is -2.37. The van der Waals surface area contributed by atoms with Gasteiger partial charge in [-0.15, -0.1) is 0 Å². The Hall–Kier alpha value is -2.25. The maximum Gasteiger partial charge on any atom is 0.416 e. The Labute approximate surface area is 138 Å². The highest BCUT2D eigenvalue weighted by Gasteiger charge is 2.34. The molecule has 1 aliphatic rings. The molecular formula is C16H20F3N3O2. The Morgan fingerprint density at radius 3 is 2.71 bits per heavy atom. The highest BCUT2D eigenvalue weighted by Crippen LogP contribution is 2.29. The van der Waals surface area contributed by atoms with Gasteiger partial charge in [0.15, 0.2) is 0 Å². The standard InChI is InChI=1S/C16H20F3N3O2/c1-10-5-6-13(21-15(20)24)14(23)22(10)8-7-11-3-2-4-12(9-11)16(17,18)19/h2-4,9-10,13H,5-8H2,1H3,(H3,20,21,24)/t10-,13+/m0/s1. The molecule has 1 fully saturated rings. The van der Waals surface area contributed by atoms with Crippen molar-refractivity contribution in [2.75, 3.05) is 6.54 Å². The van der Waals surface area contributed by atoms with Crippen LogP contribution in [-0.4, -0.2) is 35.5 Å². The number of carbonyl (C=O) groups excluding carboxylic acids is 2. The molecule has 0 aliphatic carbocycles. The normalized spacial score (nSPS) is 21.7. The van der Waals surface area contributed by atoms with E-state index in [1.165, 1.54) is 6.07 Å². The first-order chi connectivity index (χ1) is 11.2. The van der Waals surface area contributed by atoms with Crippen molar-refractivity contribution in [2.45, 2.75) is 44.4 Å². The molecule has 1 aliphatic heterocycles. The fourth-order valence-electron chi connectivity index (χ4n) is 2.89.